The van der Waals surface area contributed by atoms with Crippen molar-refractivity contribution in [2.45, 2.75) is 6.42 Å². The number of benzene rings is 1. The zero-order valence-electron chi connectivity index (χ0n) is 7.67. The van der Waals surface area contributed by atoms with E-state index in [4.69, 9.17) is 9.47 Å². The second kappa shape index (κ2) is 3.29. The van der Waals surface area contributed by atoms with Crippen molar-refractivity contribution in [1.82, 2.24) is 0 Å². The molecule has 0 aromatic heterocycles. The molecule has 0 fully saturated rings. The van der Waals surface area contributed by atoms with Gasteiger partial charge in [-0.2, -0.15) is 0 Å². The minimum atomic E-state index is -0.537. The van der Waals surface area contributed by atoms with E-state index in [-0.39, 0.29) is 11.5 Å². The summed E-state index contributed by atoms with van der Waals surface area (Å²) in [4.78, 5) is 11.3. The zero-order chi connectivity index (χ0) is 10.1. The number of hydrogen-bond donors (Lipinski definition) is 0. The van der Waals surface area contributed by atoms with Gasteiger partial charge < -0.3 is 9.47 Å². The van der Waals surface area contributed by atoms with Crippen LogP contribution in [-0.4, -0.2) is 19.5 Å². The monoisotopic (exact) mass is 196 g/mol. The number of methoxy groups -OCH3 is 1. The molecule has 2 rings (SSSR count). The number of ether oxygens (including phenoxy) is 2. The van der Waals surface area contributed by atoms with Gasteiger partial charge in [-0.1, -0.05) is 0 Å². The summed E-state index contributed by atoms with van der Waals surface area (Å²) < 4.78 is 23.2. The summed E-state index contributed by atoms with van der Waals surface area (Å²) in [5.41, 5.74) is 0.301. The Hall–Kier alpha value is -1.58. The first-order valence-electron chi connectivity index (χ1n) is 4.26. The van der Waals surface area contributed by atoms with Gasteiger partial charge in [0.05, 0.1) is 19.3 Å². The molecule has 1 aromatic carbocycles. The maximum atomic E-state index is 13.2. The lowest BCUT2D eigenvalue weighted by atomic mass is 10.0. The predicted molar refractivity (Wildman–Crippen MR) is 47.4 cm³/mol. The van der Waals surface area contributed by atoms with E-state index >= 15 is 0 Å². The van der Waals surface area contributed by atoms with Gasteiger partial charge >= 0.3 is 0 Å². The number of fused-ring (bicyclic) bond motifs is 1. The van der Waals surface area contributed by atoms with E-state index in [9.17, 15) is 9.18 Å². The average molecular weight is 196 g/mol. The highest BCUT2D eigenvalue weighted by Gasteiger charge is 2.21. The fourth-order valence-corrected chi connectivity index (χ4v) is 1.42. The summed E-state index contributed by atoms with van der Waals surface area (Å²) in [7, 11) is 1.37. The van der Waals surface area contributed by atoms with Crippen LogP contribution in [0.3, 0.4) is 0 Å². The van der Waals surface area contributed by atoms with Crippen molar-refractivity contribution in [3.05, 3.63) is 23.5 Å². The zero-order valence-corrected chi connectivity index (χ0v) is 7.67. The molecule has 1 aliphatic rings. The molecule has 0 saturated heterocycles. The Labute approximate surface area is 80.4 Å². The van der Waals surface area contributed by atoms with E-state index in [1.807, 2.05) is 0 Å². The van der Waals surface area contributed by atoms with Crippen LogP contribution in [0.5, 0.6) is 11.5 Å². The number of halogens is 1. The maximum Gasteiger partial charge on any atom is 0.170 e. The summed E-state index contributed by atoms with van der Waals surface area (Å²) in [6.07, 6.45) is 0.304. The van der Waals surface area contributed by atoms with E-state index in [0.717, 1.165) is 6.07 Å². The van der Waals surface area contributed by atoms with Crippen molar-refractivity contribution >= 4 is 5.78 Å². The van der Waals surface area contributed by atoms with E-state index in [0.29, 0.717) is 24.3 Å². The minimum Gasteiger partial charge on any atom is -0.494 e. The first-order valence-corrected chi connectivity index (χ1v) is 4.26. The number of Topliss-reactive ketones (excluding diaryl/α,β-unsaturated/α-hetero) is 1. The van der Waals surface area contributed by atoms with Crippen LogP contribution in [-0.2, 0) is 0 Å². The lowest BCUT2D eigenvalue weighted by Gasteiger charge is -2.17. The third kappa shape index (κ3) is 1.32. The molecule has 0 spiro atoms. The molecule has 1 heterocycles. The van der Waals surface area contributed by atoms with Crippen molar-refractivity contribution in [2.24, 2.45) is 0 Å². The Morgan fingerprint density at radius 3 is 3.00 bits per heavy atom. The highest BCUT2D eigenvalue weighted by Crippen LogP contribution is 2.31. The van der Waals surface area contributed by atoms with Gasteiger partial charge in [0, 0.05) is 12.5 Å². The molecule has 74 valence electrons. The topological polar surface area (TPSA) is 35.5 Å². The highest BCUT2D eigenvalue weighted by atomic mass is 19.1. The second-order valence-electron chi connectivity index (χ2n) is 3.00. The molecule has 0 atom stereocenters. The summed E-state index contributed by atoms with van der Waals surface area (Å²) in [5, 5.41) is 0. The molecule has 4 heteroatoms. The molecule has 3 nitrogen and oxygen atoms in total. The first-order chi connectivity index (χ1) is 6.72. The Bertz CT molecular complexity index is 387. The summed E-state index contributed by atoms with van der Waals surface area (Å²) in [6.45, 7) is 0.348. The molecule has 14 heavy (non-hydrogen) atoms. The van der Waals surface area contributed by atoms with Crippen molar-refractivity contribution in [3.8, 4) is 11.5 Å². The minimum absolute atomic E-state index is 0.0900. The number of ketones is 1. The van der Waals surface area contributed by atoms with Crippen molar-refractivity contribution in [1.29, 1.82) is 0 Å². The van der Waals surface area contributed by atoms with Crippen LogP contribution < -0.4 is 9.47 Å². The van der Waals surface area contributed by atoms with Gasteiger partial charge in [-0.15, -0.1) is 0 Å². The van der Waals surface area contributed by atoms with Crippen LogP contribution in [0, 0.1) is 5.82 Å². The Morgan fingerprint density at radius 1 is 1.50 bits per heavy atom. The number of carbonyl (C=O) groups is 1. The Morgan fingerprint density at radius 2 is 2.29 bits per heavy atom. The van der Waals surface area contributed by atoms with E-state index in [1.165, 1.54) is 13.2 Å². The van der Waals surface area contributed by atoms with Gasteiger partial charge in [-0.3, -0.25) is 4.79 Å². The van der Waals surface area contributed by atoms with E-state index in [2.05, 4.69) is 0 Å². The first kappa shape index (κ1) is 8.99. The van der Waals surface area contributed by atoms with Crippen LogP contribution in [0.2, 0.25) is 0 Å². The Balaban J connectivity index is 2.54. The fraction of sp³-hybridized carbons (Fsp3) is 0.300. The molecule has 0 unspecified atom stereocenters. The summed E-state index contributed by atoms with van der Waals surface area (Å²) in [6, 6.07) is 2.57. The predicted octanol–water partition coefficient (Wildman–Crippen LogP) is 1.80. The van der Waals surface area contributed by atoms with Crippen molar-refractivity contribution in [2.75, 3.05) is 13.7 Å². The molecule has 1 aromatic rings. The molecule has 0 radical (unpaired) electrons. The van der Waals surface area contributed by atoms with Crippen LogP contribution in [0.4, 0.5) is 4.39 Å². The van der Waals surface area contributed by atoms with E-state index < -0.39 is 5.82 Å². The smallest absolute Gasteiger partial charge is 0.170 e. The number of carbonyl (C=O) groups excluding carboxylic acids is 1. The fourth-order valence-electron chi connectivity index (χ4n) is 1.42. The molecular weight excluding hydrogens is 187 g/mol. The number of rotatable bonds is 1. The Kier molecular flexibility index (Phi) is 2.11. The quantitative estimate of drug-likeness (QED) is 0.687. The van der Waals surface area contributed by atoms with Crippen molar-refractivity contribution < 1.29 is 18.7 Å². The summed E-state index contributed by atoms with van der Waals surface area (Å²) in [5.74, 6) is -0.129. The number of hydrogen-bond acceptors (Lipinski definition) is 3. The molecule has 0 saturated carbocycles. The molecule has 0 amide bonds. The lowest BCUT2D eigenvalue weighted by molar-refractivity contribution is 0.0932. The van der Waals surface area contributed by atoms with Crippen LogP contribution in [0.25, 0.3) is 0 Å². The van der Waals surface area contributed by atoms with Crippen LogP contribution >= 0.6 is 0 Å². The van der Waals surface area contributed by atoms with Gasteiger partial charge in [0.1, 0.15) is 5.75 Å². The molecular formula is C10H9FO3. The third-order valence-corrected chi connectivity index (χ3v) is 2.14. The lowest BCUT2D eigenvalue weighted by Crippen LogP contribution is -2.15. The van der Waals surface area contributed by atoms with Gasteiger partial charge in [-0.25, -0.2) is 4.39 Å². The standard InChI is InChI=1S/C10H9FO3/c1-13-10-5-9-6(4-7(10)11)8(12)2-3-14-9/h4-5H,2-3H2,1H3. The van der Waals surface area contributed by atoms with Crippen LogP contribution in [0.1, 0.15) is 16.8 Å². The second-order valence-corrected chi connectivity index (χ2v) is 3.00. The van der Waals surface area contributed by atoms with E-state index in [1.54, 1.807) is 0 Å². The highest BCUT2D eigenvalue weighted by molar-refractivity contribution is 5.99. The molecule has 1 aliphatic heterocycles. The normalized spacial score (nSPS) is 14.6. The average Bonchev–Trinajstić information content (AvgIpc) is 2.19. The SMILES string of the molecule is COc1cc2c(cc1F)C(=O)CCO2. The third-order valence-electron chi connectivity index (χ3n) is 2.14. The maximum absolute atomic E-state index is 13.2. The van der Waals surface area contributed by atoms with Crippen LogP contribution in [0.15, 0.2) is 12.1 Å². The largest absolute Gasteiger partial charge is 0.494 e. The van der Waals surface area contributed by atoms with Gasteiger partial charge in [0.2, 0.25) is 0 Å². The van der Waals surface area contributed by atoms with Gasteiger partial charge in [0.15, 0.2) is 17.3 Å². The van der Waals surface area contributed by atoms with Crippen molar-refractivity contribution in [3.63, 3.8) is 0 Å². The summed E-state index contributed by atoms with van der Waals surface area (Å²) >= 11 is 0. The van der Waals surface area contributed by atoms with Gasteiger partial charge in [0.25, 0.3) is 0 Å². The molecule has 0 bridgehead atoms. The molecule has 0 N–H and O–H groups in total. The van der Waals surface area contributed by atoms with Gasteiger partial charge in [-0.05, 0) is 6.07 Å². The molecule has 0 aliphatic carbocycles.